The van der Waals surface area contributed by atoms with Crippen LogP contribution in [0.25, 0.3) is 0 Å². The average Bonchev–Trinajstić information content (AvgIpc) is 2.56. The summed E-state index contributed by atoms with van der Waals surface area (Å²) in [5.74, 6) is 1.73. The summed E-state index contributed by atoms with van der Waals surface area (Å²) in [5.41, 5.74) is 2.42. The smallest absolute Gasteiger partial charge is 0.193 e. The molecule has 2 rings (SSSR count). The minimum atomic E-state index is 0. The van der Waals surface area contributed by atoms with Crippen molar-refractivity contribution >= 4 is 29.9 Å². The minimum absolute atomic E-state index is 0. The molecule has 0 fully saturated rings. The van der Waals surface area contributed by atoms with Gasteiger partial charge in [0.05, 0.1) is 7.11 Å². The maximum Gasteiger partial charge on any atom is 0.193 e. The summed E-state index contributed by atoms with van der Waals surface area (Å²) in [6, 6.07) is 18.4. The number of hydrogen-bond donors (Lipinski definition) is 1. The van der Waals surface area contributed by atoms with E-state index in [0.29, 0.717) is 6.54 Å². The van der Waals surface area contributed by atoms with Crippen LogP contribution in [0.5, 0.6) is 5.75 Å². The normalized spacial score (nSPS) is 10.7. The Morgan fingerprint density at radius 3 is 2.43 bits per heavy atom. The zero-order valence-corrected chi connectivity index (χ0v) is 16.2. The van der Waals surface area contributed by atoms with Crippen molar-refractivity contribution in [3.05, 3.63) is 65.7 Å². The molecule has 0 spiro atoms. The topological polar surface area (TPSA) is 36.9 Å². The molecule has 1 N–H and O–H groups in total. The van der Waals surface area contributed by atoms with Gasteiger partial charge in [0.2, 0.25) is 0 Å². The van der Waals surface area contributed by atoms with Gasteiger partial charge in [-0.1, -0.05) is 42.5 Å². The quantitative estimate of drug-likeness (QED) is 0.453. The second-order valence-corrected chi connectivity index (χ2v) is 5.09. The van der Waals surface area contributed by atoms with Crippen molar-refractivity contribution in [2.45, 2.75) is 13.1 Å². The van der Waals surface area contributed by atoms with Crippen molar-refractivity contribution in [2.75, 3.05) is 21.2 Å². The highest BCUT2D eigenvalue weighted by Gasteiger charge is 2.06. The molecule has 4 nitrogen and oxygen atoms in total. The highest BCUT2D eigenvalue weighted by atomic mass is 127. The lowest BCUT2D eigenvalue weighted by Crippen LogP contribution is -2.38. The van der Waals surface area contributed by atoms with E-state index >= 15 is 0 Å². The molecule has 2 aromatic carbocycles. The van der Waals surface area contributed by atoms with Crippen LogP contribution < -0.4 is 10.1 Å². The van der Waals surface area contributed by atoms with E-state index in [1.807, 2.05) is 31.3 Å². The van der Waals surface area contributed by atoms with Gasteiger partial charge in [0.1, 0.15) is 5.75 Å². The Kier molecular flexibility index (Phi) is 8.47. The second-order valence-electron chi connectivity index (χ2n) is 5.09. The third-order valence-corrected chi connectivity index (χ3v) is 3.42. The highest BCUT2D eigenvalue weighted by molar-refractivity contribution is 14.0. The lowest BCUT2D eigenvalue weighted by atomic mass is 10.2. The minimum Gasteiger partial charge on any atom is -0.497 e. The Hall–Kier alpha value is -1.76. The zero-order chi connectivity index (χ0) is 15.8. The number of aliphatic imine (C=N–C) groups is 1. The van der Waals surface area contributed by atoms with Crippen LogP contribution in [0.4, 0.5) is 0 Å². The summed E-state index contributed by atoms with van der Waals surface area (Å²) >= 11 is 0. The first kappa shape index (κ1) is 19.3. The molecule has 23 heavy (non-hydrogen) atoms. The highest BCUT2D eigenvalue weighted by Crippen LogP contribution is 2.12. The maximum atomic E-state index is 5.25. The number of ether oxygens (including phenoxy) is 1. The predicted molar refractivity (Wildman–Crippen MR) is 107 cm³/mol. The Bertz CT molecular complexity index is 617. The monoisotopic (exact) mass is 425 g/mol. The fourth-order valence-electron chi connectivity index (χ4n) is 2.28. The van der Waals surface area contributed by atoms with Gasteiger partial charge in [-0.25, -0.2) is 0 Å². The van der Waals surface area contributed by atoms with Crippen LogP contribution in [0.15, 0.2) is 59.6 Å². The van der Waals surface area contributed by atoms with E-state index < -0.39 is 0 Å². The van der Waals surface area contributed by atoms with Crippen LogP contribution in [-0.4, -0.2) is 32.1 Å². The summed E-state index contributed by atoms with van der Waals surface area (Å²) in [4.78, 5) is 6.45. The van der Waals surface area contributed by atoms with Crippen LogP contribution in [0.2, 0.25) is 0 Å². The molecule has 0 aromatic heterocycles. The van der Waals surface area contributed by atoms with Gasteiger partial charge in [-0.05, 0) is 23.3 Å². The molecule has 0 aliphatic rings. The average molecular weight is 425 g/mol. The number of nitrogens with one attached hydrogen (secondary N) is 1. The van der Waals surface area contributed by atoms with Crippen LogP contribution in [0, 0.1) is 0 Å². The largest absolute Gasteiger partial charge is 0.497 e. The summed E-state index contributed by atoms with van der Waals surface area (Å²) in [6.45, 7) is 1.53. The van der Waals surface area contributed by atoms with E-state index in [-0.39, 0.29) is 24.0 Å². The van der Waals surface area contributed by atoms with Crippen LogP contribution in [-0.2, 0) is 13.1 Å². The van der Waals surface area contributed by atoms with Gasteiger partial charge < -0.3 is 15.0 Å². The van der Waals surface area contributed by atoms with E-state index in [1.54, 1.807) is 14.2 Å². The Balaban J connectivity index is 0.00000264. The fourth-order valence-corrected chi connectivity index (χ4v) is 2.28. The first-order chi connectivity index (χ1) is 10.7. The number of halogens is 1. The molecule has 0 aliphatic carbocycles. The Labute approximate surface area is 155 Å². The molecule has 0 unspecified atom stereocenters. The van der Waals surface area contributed by atoms with Crippen molar-refractivity contribution in [3.8, 4) is 5.75 Å². The van der Waals surface area contributed by atoms with E-state index in [1.165, 1.54) is 5.56 Å². The molecular formula is C18H24IN3O. The van der Waals surface area contributed by atoms with Gasteiger partial charge >= 0.3 is 0 Å². The first-order valence-corrected chi connectivity index (χ1v) is 7.31. The zero-order valence-electron chi connectivity index (χ0n) is 13.8. The van der Waals surface area contributed by atoms with Crippen LogP contribution in [0.3, 0.4) is 0 Å². The van der Waals surface area contributed by atoms with Crippen LogP contribution >= 0.6 is 24.0 Å². The molecule has 0 saturated heterocycles. The van der Waals surface area contributed by atoms with Crippen molar-refractivity contribution in [3.63, 3.8) is 0 Å². The van der Waals surface area contributed by atoms with Crippen molar-refractivity contribution in [2.24, 2.45) is 4.99 Å². The molecule has 2 aromatic rings. The summed E-state index contributed by atoms with van der Waals surface area (Å²) < 4.78 is 5.25. The fraction of sp³-hybridized carbons (Fsp3) is 0.278. The SMILES string of the molecule is CN=C(NCc1cccc(OC)c1)N(C)Cc1ccccc1.I. The summed E-state index contributed by atoms with van der Waals surface area (Å²) in [6.07, 6.45) is 0. The summed E-state index contributed by atoms with van der Waals surface area (Å²) in [7, 11) is 5.52. The maximum absolute atomic E-state index is 5.25. The first-order valence-electron chi connectivity index (χ1n) is 7.31. The van der Waals surface area contributed by atoms with Gasteiger partial charge in [0.25, 0.3) is 0 Å². The molecule has 0 saturated carbocycles. The predicted octanol–water partition coefficient (Wildman–Crippen LogP) is 3.52. The van der Waals surface area contributed by atoms with Crippen molar-refractivity contribution < 1.29 is 4.74 Å². The van der Waals surface area contributed by atoms with Crippen molar-refractivity contribution in [1.82, 2.24) is 10.2 Å². The standard InChI is InChI=1S/C18H23N3O.HI/c1-19-18(21(2)14-15-8-5-4-6-9-15)20-13-16-10-7-11-17(12-16)22-3;/h4-12H,13-14H2,1-3H3,(H,19,20);1H. The molecule has 0 amide bonds. The van der Waals surface area contributed by atoms with E-state index in [4.69, 9.17) is 4.74 Å². The lowest BCUT2D eigenvalue weighted by Gasteiger charge is -2.22. The van der Waals surface area contributed by atoms with Crippen LogP contribution in [0.1, 0.15) is 11.1 Å². The molecule has 124 valence electrons. The third kappa shape index (κ3) is 6.09. The van der Waals surface area contributed by atoms with Crippen molar-refractivity contribution in [1.29, 1.82) is 0 Å². The third-order valence-electron chi connectivity index (χ3n) is 3.42. The molecule has 0 radical (unpaired) electrons. The number of rotatable bonds is 5. The number of benzene rings is 2. The van der Waals surface area contributed by atoms with Gasteiger partial charge in [0.15, 0.2) is 5.96 Å². The van der Waals surface area contributed by atoms with Gasteiger partial charge in [-0.3, -0.25) is 4.99 Å². The molecular weight excluding hydrogens is 401 g/mol. The molecule has 5 heteroatoms. The van der Waals surface area contributed by atoms with Gasteiger partial charge in [0, 0.05) is 27.2 Å². The number of nitrogens with zero attached hydrogens (tertiary/aromatic N) is 2. The van der Waals surface area contributed by atoms with Gasteiger partial charge in [-0.15, -0.1) is 24.0 Å². The molecule has 0 heterocycles. The molecule has 0 atom stereocenters. The van der Waals surface area contributed by atoms with E-state index in [9.17, 15) is 0 Å². The Morgan fingerprint density at radius 1 is 1.09 bits per heavy atom. The molecule has 0 aliphatic heterocycles. The number of guanidine groups is 1. The van der Waals surface area contributed by atoms with E-state index in [0.717, 1.165) is 23.8 Å². The van der Waals surface area contributed by atoms with E-state index in [2.05, 4.69) is 45.5 Å². The Morgan fingerprint density at radius 2 is 1.78 bits per heavy atom. The molecule has 0 bridgehead atoms. The van der Waals surface area contributed by atoms with Gasteiger partial charge in [-0.2, -0.15) is 0 Å². The summed E-state index contributed by atoms with van der Waals surface area (Å²) in [5, 5.41) is 3.38. The number of hydrogen-bond acceptors (Lipinski definition) is 2. The second kappa shape index (κ2) is 10.1. The lowest BCUT2D eigenvalue weighted by molar-refractivity contribution is 0.414. The number of methoxy groups -OCH3 is 1.